The van der Waals surface area contributed by atoms with E-state index in [0.717, 1.165) is 6.07 Å². The lowest BCUT2D eigenvalue weighted by molar-refractivity contribution is 0.306. The second-order valence-electron chi connectivity index (χ2n) is 4.08. The molecule has 2 aromatic rings. The summed E-state index contributed by atoms with van der Waals surface area (Å²) in [5.74, 6) is -0.195. The molecule has 2 rings (SSSR count). The molecular weight excluding hydrogens is 305 g/mol. The Morgan fingerprint density at radius 3 is 2.55 bits per heavy atom. The third-order valence-corrected chi connectivity index (χ3v) is 3.21. The van der Waals surface area contributed by atoms with Crippen molar-refractivity contribution in [3.05, 3.63) is 57.8 Å². The predicted octanol–water partition coefficient (Wildman–Crippen LogP) is 2.39. The molecule has 20 heavy (non-hydrogen) atoms. The van der Waals surface area contributed by atoms with E-state index >= 15 is 0 Å². The Bertz CT molecular complexity index is 623. The van der Waals surface area contributed by atoms with Crippen LogP contribution >= 0.6 is 23.2 Å². The summed E-state index contributed by atoms with van der Waals surface area (Å²) >= 11 is 11.8. The van der Waals surface area contributed by atoms with Crippen molar-refractivity contribution in [2.75, 3.05) is 0 Å². The molecule has 0 amide bonds. The first-order valence-electron chi connectivity index (χ1n) is 5.69. The van der Waals surface area contributed by atoms with E-state index in [4.69, 9.17) is 27.9 Å². The molecule has 0 aliphatic rings. The van der Waals surface area contributed by atoms with Crippen LogP contribution in [0.25, 0.3) is 0 Å². The summed E-state index contributed by atoms with van der Waals surface area (Å²) in [6.07, 6.45) is 0. The van der Waals surface area contributed by atoms with Gasteiger partial charge >= 0.3 is 7.12 Å². The van der Waals surface area contributed by atoms with Crippen LogP contribution in [0.4, 0.5) is 4.39 Å². The van der Waals surface area contributed by atoms with Crippen LogP contribution in [0.3, 0.4) is 0 Å². The molecular formula is C13H10BCl2FO3. The van der Waals surface area contributed by atoms with Crippen molar-refractivity contribution in [3.63, 3.8) is 0 Å². The van der Waals surface area contributed by atoms with E-state index < -0.39 is 12.9 Å². The molecule has 104 valence electrons. The minimum absolute atomic E-state index is 0.00724. The van der Waals surface area contributed by atoms with Crippen LogP contribution in [-0.2, 0) is 6.61 Å². The first kappa shape index (κ1) is 15.1. The van der Waals surface area contributed by atoms with Gasteiger partial charge in [-0.2, -0.15) is 0 Å². The van der Waals surface area contributed by atoms with Gasteiger partial charge in [0.15, 0.2) is 0 Å². The third kappa shape index (κ3) is 3.64. The zero-order chi connectivity index (χ0) is 14.7. The highest BCUT2D eigenvalue weighted by molar-refractivity contribution is 6.59. The zero-order valence-electron chi connectivity index (χ0n) is 10.2. The molecule has 0 fully saturated rings. The van der Waals surface area contributed by atoms with E-state index in [1.807, 2.05) is 0 Å². The first-order valence-corrected chi connectivity index (χ1v) is 6.45. The summed E-state index contributed by atoms with van der Waals surface area (Å²) in [7, 11) is -1.78. The summed E-state index contributed by atoms with van der Waals surface area (Å²) in [5, 5.41) is 19.3. The molecule has 0 aliphatic heterocycles. The van der Waals surface area contributed by atoms with Gasteiger partial charge in [0.1, 0.15) is 18.2 Å². The van der Waals surface area contributed by atoms with Crippen LogP contribution in [-0.4, -0.2) is 17.2 Å². The Kier molecular flexibility index (Phi) is 4.88. The number of benzene rings is 2. The van der Waals surface area contributed by atoms with Gasteiger partial charge in [-0.25, -0.2) is 4.39 Å². The van der Waals surface area contributed by atoms with Gasteiger partial charge in [-0.3, -0.25) is 0 Å². The average molecular weight is 315 g/mol. The van der Waals surface area contributed by atoms with E-state index in [2.05, 4.69) is 0 Å². The molecule has 0 radical (unpaired) electrons. The van der Waals surface area contributed by atoms with Gasteiger partial charge in [-0.15, -0.1) is 0 Å². The quantitative estimate of drug-likeness (QED) is 0.852. The third-order valence-electron chi connectivity index (χ3n) is 2.66. The molecule has 0 aliphatic carbocycles. The summed E-state index contributed by atoms with van der Waals surface area (Å²) in [6.45, 7) is 0.00724. The number of rotatable bonds is 4. The molecule has 0 saturated heterocycles. The molecule has 7 heteroatoms. The molecule has 0 atom stereocenters. The fraction of sp³-hybridized carbons (Fsp3) is 0.0769. The smallest absolute Gasteiger partial charge is 0.487 e. The lowest BCUT2D eigenvalue weighted by Gasteiger charge is -2.12. The molecule has 0 unspecified atom stereocenters. The molecule has 0 heterocycles. The van der Waals surface area contributed by atoms with Crippen molar-refractivity contribution in [2.45, 2.75) is 6.61 Å². The van der Waals surface area contributed by atoms with Gasteiger partial charge in [-0.05, 0) is 35.3 Å². The summed E-state index contributed by atoms with van der Waals surface area (Å²) < 4.78 is 18.6. The van der Waals surface area contributed by atoms with Crippen LogP contribution in [0.5, 0.6) is 5.75 Å². The standard InChI is InChI=1S/C13H10BCl2FO3/c15-9-2-4-12(16)13(5-9)20-7-8-1-3-10(17)6-11(8)14(18)19/h1-6,18-19H,7H2. The largest absolute Gasteiger partial charge is 0.488 e. The number of hydrogen-bond donors (Lipinski definition) is 2. The van der Waals surface area contributed by atoms with Gasteiger partial charge in [0.25, 0.3) is 0 Å². The second kappa shape index (κ2) is 6.46. The summed E-state index contributed by atoms with van der Waals surface area (Å²) in [4.78, 5) is 0. The number of ether oxygens (including phenoxy) is 1. The van der Waals surface area contributed by atoms with E-state index in [1.165, 1.54) is 12.1 Å². The summed E-state index contributed by atoms with van der Waals surface area (Å²) in [5.41, 5.74) is 0.487. The van der Waals surface area contributed by atoms with E-state index in [1.54, 1.807) is 18.2 Å². The normalized spacial score (nSPS) is 10.4. The van der Waals surface area contributed by atoms with Crippen molar-refractivity contribution in [1.29, 1.82) is 0 Å². The topological polar surface area (TPSA) is 49.7 Å². The minimum atomic E-state index is -1.78. The van der Waals surface area contributed by atoms with Gasteiger partial charge in [0.2, 0.25) is 0 Å². The Balaban J connectivity index is 2.20. The maximum Gasteiger partial charge on any atom is 0.488 e. The molecule has 0 spiro atoms. The molecule has 2 N–H and O–H groups in total. The fourth-order valence-corrected chi connectivity index (χ4v) is 2.02. The number of halogens is 3. The Morgan fingerprint density at radius 1 is 1.10 bits per heavy atom. The van der Waals surface area contributed by atoms with Gasteiger partial charge in [0, 0.05) is 11.1 Å². The molecule has 2 aromatic carbocycles. The zero-order valence-corrected chi connectivity index (χ0v) is 11.7. The lowest BCUT2D eigenvalue weighted by Crippen LogP contribution is -2.34. The van der Waals surface area contributed by atoms with Crippen LogP contribution in [0.1, 0.15) is 5.56 Å². The van der Waals surface area contributed by atoms with Gasteiger partial charge < -0.3 is 14.8 Å². The van der Waals surface area contributed by atoms with Crippen molar-refractivity contribution in [2.24, 2.45) is 0 Å². The predicted molar refractivity (Wildman–Crippen MR) is 77.0 cm³/mol. The first-order chi connectivity index (χ1) is 9.47. The van der Waals surface area contributed by atoms with Crippen LogP contribution < -0.4 is 10.2 Å². The lowest BCUT2D eigenvalue weighted by atomic mass is 9.77. The monoisotopic (exact) mass is 314 g/mol. The number of hydrogen-bond acceptors (Lipinski definition) is 3. The Labute approximate surface area is 125 Å². The molecule has 0 saturated carbocycles. The fourth-order valence-electron chi connectivity index (χ4n) is 1.68. The van der Waals surface area contributed by atoms with Crippen molar-refractivity contribution >= 4 is 35.8 Å². The van der Waals surface area contributed by atoms with Crippen molar-refractivity contribution in [1.82, 2.24) is 0 Å². The molecule has 3 nitrogen and oxygen atoms in total. The SMILES string of the molecule is OB(O)c1cc(F)ccc1COc1cc(Cl)ccc1Cl. The van der Waals surface area contributed by atoms with Crippen molar-refractivity contribution < 1.29 is 19.2 Å². The van der Waals surface area contributed by atoms with Crippen molar-refractivity contribution in [3.8, 4) is 5.75 Å². The second-order valence-corrected chi connectivity index (χ2v) is 4.92. The van der Waals surface area contributed by atoms with Gasteiger partial charge in [0.05, 0.1) is 5.02 Å². The minimum Gasteiger partial charge on any atom is -0.487 e. The maximum atomic E-state index is 13.1. The summed E-state index contributed by atoms with van der Waals surface area (Å²) in [6, 6.07) is 8.43. The molecule has 0 aromatic heterocycles. The van der Waals surface area contributed by atoms with Crippen LogP contribution in [0.2, 0.25) is 10.0 Å². The van der Waals surface area contributed by atoms with E-state index in [9.17, 15) is 14.4 Å². The van der Waals surface area contributed by atoms with E-state index in [0.29, 0.717) is 21.4 Å². The van der Waals surface area contributed by atoms with Gasteiger partial charge in [-0.1, -0.05) is 29.3 Å². The molecule has 0 bridgehead atoms. The average Bonchev–Trinajstić information content (AvgIpc) is 2.40. The highest BCUT2D eigenvalue weighted by Gasteiger charge is 2.17. The highest BCUT2D eigenvalue weighted by Crippen LogP contribution is 2.28. The highest BCUT2D eigenvalue weighted by atomic mass is 35.5. The Morgan fingerprint density at radius 2 is 1.85 bits per heavy atom. The van der Waals surface area contributed by atoms with E-state index in [-0.39, 0.29) is 12.1 Å². The Hall–Kier alpha value is -1.27. The van der Waals surface area contributed by atoms with Crippen LogP contribution in [0, 0.1) is 5.82 Å². The van der Waals surface area contributed by atoms with Crippen LogP contribution in [0.15, 0.2) is 36.4 Å². The maximum absolute atomic E-state index is 13.1.